The van der Waals surface area contributed by atoms with Gasteiger partial charge in [-0.05, 0) is 31.2 Å². The molecule has 0 saturated carbocycles. The molecule has 2 aromatic carbocycles. The first kappa shape index (κ1) is 17.3. The SMILES string of the molecule is CC(=NOCc1ccccc1F)c1cc(Cl)ccc1C(F)(F)F. The molecule has 0 spiro atoms. The van der Waals surface area contributed by atoms with Crippen molar-refractivity contribution in [2.75, 3.05) is 0 Å². The highest BCUT2D eigenvalue weighted by Gasteiger charge is 2.34. The fourth-order valence-corrected chi connectivity index (χ4v) is 2.10. The van der Waals surface area contributed by atoms with Crippen molar-refractivity contribution in [1.82, 2.24) is 0 Å². The van der Waals surface area contributed by atoms with Crippen LogP contribution < -0.4 is 0 Å². The number of nitrogens with zero attached hydrogens (tertiary/aromatic N) is 1. The summed E-state index contributed by atoms with van der Waals surface area (Å²) >= 11 is 5.75. The van der Waals surface area contributed by atoms with Crippen molar-refractivity contribution in [2.24, 2.45) is 5.16 Å². The average molecular weight is 346 g/mol. The van der Waals surface area contributed by atoms with E-state index in [-0.39, 0.29) is 28.5 Å². The highest BCUT2D eigenvalue weighted by Crippen LogP contribution is 2.33. The van der Waals surface area contributed by atoms with Gasteiger partial charge in [-0.2, -0.15) is 13.2 Å². The minimum Gasteiger partial charge on any atom is -0.391 e. The van der Waals surface area contributed by atoms with Crippen molar-refractivity contribution in [3.8, 4) is 0 Å². The molecule has 0 unspecified atom stereocenters. The fourth-order valence-electron chi connectivity index (χ4n) is 1.93. The Labute approximate surface area is 135 Å². The smallest absolute Gasteiger partial charge is 0.391 e. The number of rotatable bonds is 4. The summed E-state index contributed by atoms with van der Waals surface area (Å²) in [6, 6.07) is 9.10. The van der Waals surface area contributed by atoms with Crippen LogP contribution >= 0.6 is 11.6 Å². The van der Waals surface area contributed by atoms with Gasteiger partial charge in [-0.1, -0.05) is 35.0 Å². The minimum atomic E-state index is -4.54. The normalized spacial score (nSPS) is 12.3. The van der Waals surface area contributed by atoms with Crippen LogP contribution in [-0.2, 0) is 17.6 Å². The van der Waals surface area contributed by atoms with E-state index in [1.807, 2.05) is 0 Å². The Bertz CT molecular complexity index is 728. The third-order valence-corrected chi connectivity index (χ3v) is 3.29. The second-order valence-corrected chi connectivity index (χ2v) is 5.17. The zero-order chi connectivity index (χ0) is 17.0. The van der Waals surface area contributed by atoms with Gasteiger partial charge >= 0.3 is 6.18 Å². The zero-order valence-electron chi connectivity index (χ0n) is 12.0. The molecular formula is C16H12ClF4NO. The van der Waals surface area contributed by atoms with Gasteiger partial charge in [-0.25, -0.2) is 4.39 Å². The maximum Gasteiger partial charge on any atom is 0.417 e. The van der Waals surface area contributed by atoms with Crippen LogP contribution in [0.3, 0.4) is 0 Å². The average Bonchev–Trinajstić information content (AvgIpc) is 2.47. The molecule has 0 amide bonds. The molecule has 2 nitrogen and oxygen atoms in total. The Balaban J connectivity index is 2.21. The molecule has 0 bridgehead atoms. The number of hydrogen-bond donors (Lipinski definition) is 0. The van der Waals surface area contributed by atoms with Gasteiger partial charge in [0.15, 0.2) is 0 Å². The van der Waals surface area contributed by atoms with Crippen molar-refractivity contribution >= 4 is 17.3 Å². The van der Waals surface area contributed by atoms with Crippen LogP contribution in [0.4, 0.5) is 17.6 Å². The Morgan fingerprint density at radius 1 is 1.17 bits per heavy atom. The molecule has 0 atom stereocenters. The first-order valence-corrected chi connectivity index (χ1v) is 6.94. The largest absolute Gasteiger partial charge is 0.417 e. The highest BCUT2D eigenvalue weighted by molar-refractivity contribution is 6.31. The van der Waals surface area contributed by atoms with Crippen molar-refractivity contribution in [2.45, 2.75) is 19.7 Å². The monoisotopic (exact) mass is 345 g/mol. The second-order valence-electron chi connectivity index (χ2n) is 4.73. The molecule has 23 heavy (non-hydrogen) atoms. The van der Waals surface area contributed by atoms with Crippen LogP contribution in [0.2, 0.25) is 5.02 Å². The molecule has 2 rings (SSSR count). The van der Waals surface area contributed by atoms with E-state index in [4.69, 9.17) is 16.4 Å². The highest BCUT2D eigenvalue weighted by atomic mass is 35.5. The molecular weight excluding hydrogens is 334 g/mol. The van der Waals surface area contributed by atoms with E-state index in [2.05, 4.69) is 5.16 Å². The lowest BCUT2D eigenvalue weighted by molar-refractivity contribution is -0.137. The third kappa shape index (κ3) is 4.45. The Morgan fingerprint density at radius 2 is 1.87 bits per heavy atom. The summed E-state index contributed by atoms with van der Waals surface area (Å²) in [6.45, 7) is 1.17. The molecule has 7 heteroatoms. The molecule has 122 valence electrons. The summed E-state index contributed by atoms with van der Waals surface area (Å²) in [5, 5.41) is 3.79. The Hall–Kier alpha value is -2.08. The Morgan fingerprint density at radius 3 is 2.52 bits per heavy atom. The van der Waals surface area contributed by atoms with Gasteiger partial charge in [0.25, 0.3) is 0 Å². The molecule has 0 aromatic heterocycles. The number of halogens is 5. The lowest BCUT2D eigenvalue weighted by Gasteiger charge is -2.12. The van der Waals surface area contributed by atoms with Crippen molar-refractivity contribution < 1.29 is 22.4 Å². The van der Waals surface area contributed by atoms with E-state index in [0.29, 0.717) is 0 Å². The van der Waals surface area contributed by atoms with E-state index in [0.717, 1.165) is 18.2 Å². The summed E-state index contributed by atoms with van der Waals surface area (Å²) in [7, 11) is 0. The van der Waals surface area contributed by atoms with Crippen LogP contribution in [0.5, 0.6) is 0 Å². The molecule has 0 radical (unpaired) electrons. The summed E-state index contributed by atoms with van der Waals surface area (Å²) in [5.74, 6) is -0.473. The van der Waals surface area contributed by atoms with E-state index in [1.165, 1.54) is 25.1 Å². The number of benzene rings is 2. The molecule has 2 aromatic rings. The summed E-state index contributed by atoms with van der Waals surface area (Å²) in [5.41, 5.74) is -0.793. The van der Waals surface area contributed by atoms with Gasteiger partial charge < -0.3 is 4.84 Å². The topological polar surface area (TPSA) is 21.6 Å². The number of oxime groups is 1. The van der Waals surface area contributed by atoms with Crippen molar-refractivity contribution in [1.29, 1.82) is 0 Å². The number of hydrogen-bond acceptors (Lipinski definition) is 2. The lowest BCUT2D eigenvalue weighted by atomic mass is 10.0. The summed E-state index contributed by atoms with van der Waals surface area (Å²) < 4.78 is 52.4. The van der Waals surface area contributed by atoms with Crippen molar-refractivity contribution in [3.63, 3.8) is 0 Å². The van der Waals surface area contributed by atoms with E-state index in [9.17, 15) is 17.6 Å². The molecule has 0 aliphatic carbocycles. The van der Waals surface area contributed by atoms with Crippen LogP contribution in [-0.4, -0.2) is 5.71 Å². The Kier molecular flexibility index (Phi) is 5.26. The molecule has 0 heterocycles. The lowest BCUT2D eigenvalue weighted by Crippen LogP contribution is -2.12. The maximum atomic E-state index is 13.4. The van der Waals surface area contributed by atoms with Gasteiger partial charge in [0, 0.05) is 16.1 Å². The van der Waals surface area contributed by atoms with Gasteiger partial charge in [0.2, 0.25) is 0 Å². The van der Waals surface area contributed by atoms with E-state index >= 15 is 0 Å². The predicted octanol–water partition coefficient (Wildman–Crippen LogP) is 5.44. The third-order valence-electron chi connectivity index (χ3n) is 3.06. The standard InChI is InChI=1S/C16H12ClF4NO/c1-10(22-23-9-11-4-2-3-5-15(11)18)13-8-12(17)6-7-14(13)16(19,20)21/h2-8H,9H2,1H3. The van der Waals surface area contributed by atoms with Crippen LogP contribution in [0.1, 0.15) is 23.6 Å². The van der Waals surface area contributed by atoms with E-state index in [1.54, 1.807) is 6.07 Å². The first-order valence-electron chi connectivity index (χ1n) is 6.56. The molecule has 0 fully saturated rings. The van der Waals surface area contributed by atoms with Crippen LogP contribution in [0.15, 0.2) is 47.6 Å². The van der Waals surface area contributed by atoms with Crippen LogP contribution in [0, 0.1) is 5.82 Å². The first-order chi connectivity index (χ1) is 10.8. The van der Waals surface area contributed by atoms with Crippen molar-refractivity contribution in [3.05, 3.63) is 70.0 Å². The summed E-state index contributed by atoms with van der Waals surface area (Å²) in [6.07, 6.45) is -4.54. The zero-order valence-corrected chi connectivity index (χ0v) is 12.7. The van der Waals surface area contributed by atoms with Crippen LogP contribution in [0.25, 0.3) is 0 Å². The number of alkyl halides is 3. The summed E-state index contributed by atoms with van der Waals surface area (Å²) in [4.78, 5) is 4.96. The molecule has 0 aliphatic heterocycles. The molecule has 0 aliphatic rings. The molecule has 0 N–H and O–H groups in total. The van der Waals surface area contributed by atoms with Gasteiger partial charge in [-0.15, -0.1) is 0 Å². The quantitative estimate of drug-likeness (QED) is 0.411. The molecule has 0 saturated heterocycles. The minimum absolute atomic E-state index is 0.00355. The predicted molar refractivity (Wildman–Crippen MR) is 79.9 cm³/mol. The second kappa shape index (κ2) is 7.00. The van der Waals surface area contributed by atoms with Gasteiger partial charge in [0.05, 0.1) is 11.3 Å². The van der Waals surface area contributed by atoms with E-state index < -0.39 is 17.6 Å². The maximum absolute atomic E-state index is 13.4. The van der Waals surface area contributed by atoms with Gasteiger partial charge in [-0.3, -0.25) is 0 Å². The fraction of sp³-hybridized carbons (Fsp3) is 0.188. The van der Waals surface area contributed by atoms with Gasteiger partial charge in [0.1, 0.15) is 12.4 Å².